The first-order chi connectivity index (χ1) is 8.90. The highest BCUT2D eigenvalue weighted by Crippen LogP contribution is 2.38. The molecule has 2 heterocycles. The van der Waals surface area contributed by atoms with Crippen LogP contribution in [0.2, 0.25) is 5.02 Å². The van der Waals surface area contributed by atoms with E-state index in [1.54, 1.807) is 6.92 Å². The highest BCUT2D eigenvalue weighted by atomic mass is 127. The fourth-order valence-electron chi connectivity index (χ4n) is 2.12. The summed E-state index contributed by atoms with van der Waals surface area (Å²) in [4.78, 5) is 16.8. The van der Waals surface area contributed by atoms with Crippen molar-refractivity contribution >= 4 is 45.7 Å². The summed E-state index contributed by atoms with van der Waals surface area (Å²) in [6.45, 7) is 2.28. The number of piperidine rings is 1. The van der Waals surface area contributed by atoms with Gasteiger partial charge in [0.15, 0.2) is 0 Å². The number of alkyl halides is 1. The van der Waals surface area contributed by atoms with Crippen molar-refractivity contribution in [3.63, 3.8) is 0 Å². The summed E-state index contributed by atoms with van der Waals surface area (Å²) in [6, 6.07) is 1.49. The van der Waals surface area contributed by atoms with E-state index in [1.807, 2.05) is 4.90 Å². The molecule has 0 amide bonds. The number of nitro groups is 1. The molecule has 1 aliphatic heterocycles. The van der Waals surface area contributed by atoms with Crippen LogP contribution in [0.5, 0.6) is 0 Å². The molecule has 1 N–H and O–H groups in total. The lowest BCUT2D eigenvalue weighted by atomic mass is 10.1. The van der Waals surface area contributed by atoms with Gasteiger partial charge in [-0.25, -0.2) is 4.98 Å². The van der Waals surface area contributed by atoms with Crippen molar-refractivity contribution < 1.29 is 10.0 Å². The van der Waals surface area contributed by atoms with Crippen LogP contribution in [0.15, 0.2) is 6.07 Å². The molecule has 0 bridgehead atoms. The second-order valence-electron chi connectivity index (χ2n) is 4.48. The average Bonchev–Trinajstić information content (AvgIpc) is 2.26. The summed E-state index contributed by atoms with van der Waals surface area (Å²) in [5.74, 6) is 0.293. The monoisotopic (exact) mass is 397 g/mol. The van der Waals surface area contributed by atoms with Gasteiger partial charge in [0.1, 0.15) is 5.02 Å². The van der Waals surface area contributed by atoms with E-state index in [9.17, 15) is 15.2 Å². The Bertz CT molecular complexity index is 514. The quantitative estimate of drug-likeness (QED) is 0.273. The molecular weight excluding hydrogens is 384 g/mol. The van der Waals surface area contributed by atoms with Crippen LogP contribution in [0, 0.1) is 17.0 Å². The second kappa shape index (κ2) is 5.76. The Morgan fingerprint density at radius 2 is 2.37 bits per heavy atom. The second-order valence-corrected chi connectivity index (χ2v) is 6.33. The van der Waals surface area contributed by atoms with Crippen molar-refractivity contribution in [2.24, 2.45) is 0 Å². The summed E-state index contributed by atoms with van der Waals surface area (Å²) in [7, 11) is 0. The van der Waals surface area contributed by atoms with E-state index >= 15 is 0 Å². The summed E-state index contributed by atoms with van der Waals surface area (Å²) < 4.78 is -0.0367. The minimum Gasteiger partial charge on any atom is -0.393 e. The molecule has 0 aromatic carbocycles. The van der Waals surface area contributed by atoms with E-state index in [4.69, 9.17) is 11.6 Å². The summed E-state index contributed by atoms with van der Waals surface area (Å²) in [6.07, 6.45) is 0.770. The topological polar surface area (TPSA) is 79.5 Å². The smallest absolute Gasteiger partial charge is 0.330 e. The van der Waals surface area contributed by atoms with Gasteiger partial charge in [-0.3, -0.25) is 10.1 Å². The highest BCUT2D eigenvalue weighted by Gasteiger charge is 2.32. The third kappa shape index (κ3) is 3.09. The number of rotatable bonds is 2. The lowest BCUT2D eigenvalue weighted by Gasteiger charge is -2.35. The van der Waals surface area contributed by atoms with Crippen LogP contribution in [-0.2, 0) is 0 Å². The normalized spacial score (nSPS) is 23.5. The van der Waals surface area contributed by atoms with Gasteiger partial charge in [0.25, 0.3) is 0 Å². The molecule has 0 spiro atoms. The van der Waals surface area contributed by atoms with Crippen LogP contribution in [0.3, 0.4) is 0 Å². The molecule has 2 rings (SSSR count). The third-order valence-corrected chi connectivity index (χ3v) is 4.49. The maximum absolute atomic E-state index is 11.2. The number of anilines is 1. The maximum atomic E-state index is 11.2. The Balaban J connectivity index is 2.46. The zero-order valence-corrected chi connectivity index (χ0v) is 13.1. The first-order valence-electron chi connectivity index (χ1n) is 5.80. The van der Waals surface area contributed by atoms with Crippen molar-refractivity contribution in [2.75, 3.05) is 11.4 Å². The van der Waals surface area contributed by atoms with Crippen LogP contribution in [0.4, 0.5) is 11.5 Å². The number of halogens is 2. The van der Waals surface area contributed by atoms with Crippen molar-refractivity contribution in [3.05, 3.63) is 26.9 Å². The first-order valence-corrected chi connectivity index (χ1v) is 7.43. The van der Waals surface area contributed by atoms with Gasteiger partial charge in [0.2, 0.25) is 5.82 Å². The Kier molecular flexibility index (Phi) is 4.46. The van der Waals surface area contributed by atoms with Gasteiger partial charge >= 0.3 is 5.69 Å². The van der Waals surface area contributed by atoms with Gasteiger partial charge in [-0.15, -0.1) is 0 Å². The standard InChI is InChI=1S/C11H13ClIN3O3/c1-6-4-8(12)10(16(18)19)11(14-6)15-3-2-7(17)5-9(15)13/h4,7,9,17H,2-3,5H2,1H3. The van der Waals surface area contributed by atoms with Crippen LogP contribution >= 0.6 is 34.2 Å². The molecule has 1 aromatic heterocycles. The van der Waals surface area contributed by atoms with Crippen molar-refractivity contribution in [2.45, 2.75) is 29.9 Å². The van der Waals surface area contributed by atoms with Gasteiger partial charge in [-0.2, -0.15) is 0 Å². The Hall–Kier alpha value is -0.670. The first kappa shape index (κ1) is 14.7. The fourth-order valence-corrected chi connectivity index (χ4v) is 3.56. The SMILES string of the molecule is Cc1cc(Cl)c([N+](=O)[O-])c(N2CCC(O)CC2I)n1. The Morgan fingerprint density at radius 1 is 1.68 bits per heavy atom. The molecule has 1 saturated heterocycles. The van der Waals surface area contributed by atoms with Gasteiger partial charge in [0.05, 0.1) is 15.1 Å². The van der Waals surface area contributed by atoms with Gasteiger partial charge in [-0.1, -0.05) is 34.2 Å². The number of aromatic nitrogens is 1. The molecule has 1 fully saturated rings. The van der Waals surface area contributed by atoms with Crippen molar-refractivity contribution in [3.8, 4) is 0 Å². The van der Waals surface area contributed by atoms with E-state index in [1.165, 1.54) is 6.07 Å². The molecule has 1 aliphatic rings. The van der Waals surface area contributed by atoms with Crippen molar-refractivity contribution in [1.29, 1.82) is 0 Å². The minimum atomic E-state index is -0.501. The highest BCUT2D eigenvalue weighted by molar-refractivity contribution is 14.1. The molecule has 6 nitrogen and oxygen atoms in total. The van der Waals surface area contributed by atoms with Gasteiger partial charge in [-0.05, 0) is 19.4 Å². The molecule has 2 atom stereocenters. The molecule has 0 aliphatic carbocycles. The molecular formula is C11H13ClIN3O3. The Morgan fingerprint density at radius 3 is 2.95 bits per heavy atom. The number of nitrogens with zero attached hydrogens (tertiary/aromatic N) is 3. The van der Waals surface area contributed by atoms with Crippen LogP contribution in [-0.4, -0.2) is 31.7 Å². The van der Waals surface area contributed by atoms with Crippen LogP contribution in [0.1, 0.15) is 18.5 Å². The maximum Gasteiger partial charge on any atom is 0.330 e. The number of aryl methyl sites for hydroxylation is 1. The molecule has 19 heavy (non-hydrogen) atoms. The van der Waals surface area contributed by atoms with Gasteiger partial charge < -0.3 is 10.0 Å². The summed E-state index contributed by atoms with van der Waals surface area (Å²) in [5, 5.41) is 20.9. The number of aliphatic hydroxyl groups is 1. The van der Waals surface area contributed by atoms with Crippen LogP contribution < -0.4 is 4.90 Å². The zero-order valence-electron chi connectivity index (χ0n) is 10.2. The number of aliphatic hydroxyl groups excluding tert-OH is 1. The summed E-state index contributed by atoms with van der Waals surface area (Å²) in [5.41, 5.74) is 0.477. The Labute approximate surface area is 129 Å². The lowest BCUT2D eigenvalue weighted by Crippen LogP contribution is -2.41. The minimum absolute atomic E-state index is 0.0367. The number of hydrogen-bond donors (Lipinski definition) is 1. The third-order valence-electron chi connectivity index (χ3n) is 3.02. The van der Waals surface area contributed by atoms with E-state index in [-0.39, 0.29) is 20.9 Å². The van der Waals surface area contributed by atoms with E-state index in [0.29, 0.717) is 30.9 Å². The molecule has 0 saturated carbocycles. The predicted octanol–water partition coefficient (Wildman–Crippen LogP) is 2.67. The molecule has 104 valence electrons. The molecule has 1 aromatic rings. The van der Waals surface area contributed by atoms with Crippen LogP contribution in [0.25, 0.3) is 0 Å². The van der Waals surface area contributed by atoms with Crippen molar-refractivity contribution in [1.82, 2.24) is 4.98 Å². The predicted molar refractivity (Wildman–Crippen MR) is 81.0 cm³/mol. The van der Waals surface area contributed by atoms with E-state index in [0.717, 1.165) is 0 Å². The van der Waals surface area contributed by atoms with Gasteiger partial charge in [0, 0.05) is 18.7 Å². The average molecular weight is 398 g/mol. The zero-order chi connectivity index (χ0) is 14.2. The fraction of sp³-hybridized carbons (Fsp3) is 0.545. The van der Waals surface area contributed by atoms with E-state index < -0.39 is 4.92 Å². The number of pyridine rings is 1. The largest absolute Gasteiger partial charge is 0.393 e. The molecule has 8 heteroatoms. The van der Waals surface area contributed by atoms with E-state index in [2.05, 4.69) is 27.6 Å². The lowest BCUT2D eigenvalue weighted by molar-refractivity contribution is -0.384. The molecule has 0 radical (unpaired) electrons. The molecule has 2 unspecified atom stereocenters. The number of hydrogen-bond acceptors (Lipinski definition) is 5. The summed E-state index contributed by atoms with van der Waals surface area (Å²) >= 11 is 8.13.